The van der Waals surface area contributed by atoms with Crippen LogP contribution in [0.25, 0.3) is 0 Å². The summed E-state index contributed by atoms with van der Waals surface area (Å²) in [6.45, 7) is 6.11. The molecule has 1 aliphatic carbocycles. The molecule has 0 saturated heterocycles. The first kappa shape index (κ1) is 10.2. The molecule has 0 aliphatic heterocycles. The molecule has 1 N–H and O–H groups in total. The van der Waals surface area contributed by atoms with E-state index in [-0.39, 0.29) is 17.5 Å². The highest BCUT2D eigenvalue weighted by Gasteiger charge is 2.35. The fourth-order valence-electron chi connectivity index (χ4n) is 2.31. The predicted octanol–water partition coefficient (Wildman–Crippen LogP) is 2.71. The Morgan fingerprint density at radius 3 is 2.60 bits per heavy atom. The Kier molecular flexibility index (Phi) is 2.29. The van der Waals surface area contributed by atoms with Crippen LogP contribution in [0.3, 0.4) is 0 Å². The van der Waals surface area contributed by atoms with Gasteiger partial charge in [-0.3, -0.25) is 4.79 Å². The zero-order valence-corrected chi connectivity index (χ0v) is 9.37. The van der Waals surface area contributed by atoms with E-state index in [1.807, 2.05) is 13.0 Å². The molecule has 0 aromatic heterocycles. The second-order valence-electron chi connectivity index (χ2n) is 4.67. The minimum atomic E-state index is 0.0481. The Hall–Kier alpha value is -1.31. The summed E-state index contributed by atoms with van der Waals surface area (Å²) in [5, 5.41) is 9.70. The molecule has 1 aromatic carbocycles. The van der Waals surface area contributed by atoms with Crippen molar-refractivity contribution in [2.24, 2.45) is 11.8 Å². The van der Waals surface area contributed by atoms with Crippen LogP contribution in [0.5, 0.6) is 5.75 Å². The van der Waals surface area contributed by atoms with Gasteiger partial charge in [0.05, 0.1) is 5.56 Å². The van der Waals surface area contributed by atoms with Gasteiger partial charge in [0.15, 0.2) is 5.78 Å². The van der Waals surface area contributed by atoms with Crippen molar-refractivity contribution in [2.45, 2.75) is 27.2 Å². The third-order valence-corrected chi connectivity index (χ3v) is 3.34. The SMILES string of the molecule is Cc1ccc(O)c2c1CC(C(C)C)C2=O. The molecular weight excluding hydrogens is 188 g/mol. The summed E-state index contributed by atoms with van der Waals surface area (Å²) < 4.78 is 0. The number of aryl methyl sites for hydroxylation is 1. The maximum atomic E-state index is 12.1. The molecule has 1 aromatic rings. The fourth-order valence-corrected chi connectivity index (χ4v) is 2.31. The molecule has 1 unspecified atom stereocenters. The number of hydrogen-bond donors (Lipinski definition) is 1. The van der Waals surface area contributed by atoms with Crippen molar-refractivity contribution < 1.29 is 9.90 Å². The average molecular weight is 204 g/mol. The summed E-state index contributed by atoms with van der Waals surface area (Å²) in [7, 11) is 0. The molecule has 1 aliphatic rings. The van der Waals surface area contributed by atoms with Crippen LogP contribution in [-0.2, 0) is 6.42 Å². The van der Waals surface area contributed by atoms with Gasteiger partial charge in [-0.05, 0) is 36.5 Å². The van der Waals surface area contributed by atoms with E-state index in [0.717, 1.165) is 17.5 Å². The first-order valence-corrected chi connectivity index (χ1v) is 5.38. The van der Waals surface area contributed by atoms with Gasteiger partial charge in [-0.25, -0.2) is 0 Å². The van der Waals surface area contributed by atoms with Gasteiger partial charge in [0.1, 0.15) is 5.75 Å². The number of aromatic hydroxyl groups is 1. The highest BCUT2D eigenvalue weighted by molar-refractivity contribution is 6.05. The van der Waals surface area contributed by atoms with E-state index in [4.69, 9.17) is 0 Å². The summed E-state index contributed by atoms with van der Waals surface area (Å²) in [5.74, 6) is 0.639. The van der Waals surface area contributed by atoms with E-state index in [2.05, 4.69) is 13.8 Å². The number of carbonyl (C=O) groups excluding carboxylic acids is 1. The second kappa shape index (κ2) is 3.37. The quantitative estimate of drug-likeness (QED) is 0.763. The van der Waals surface area contributed by atoms with Crippen LogP contribution in [0, 0.1) is 18.8 Å². The largest absolute Gasteiger partial charge is 0.507 e. The molecule has 80 valence electrons. The zero-order valence-electron chi connectivity index (χ0n) is 9.37. The van der Waals surface area contributed by atoms with Crippen LogP contribution in [0.1, 0.15) is 35.3 Å². The number of phenols is 1. The molecule has 0 amide bonds. The monoisotopic (exact) mass is 204 g/mol. The van der Waals surface area contributed by atoms with Crippen molar-refractivity contribution in [1.82, 2.24) is 0 Å². The van der Waals surface area contributed by atoms with E-state index >= 15 is 0 Å². The first-order valence-electron chi connectivity index (χ1n) is 5.38. The Labute approximate surface area is 89.9 Å². The molecule has 1 atom stereocenters. The molecule has 0 radical (unpaired) electrons. The Morgan fingerprint density at radius 2 is 2.07 bits per heavy atom. The maximum absolute atomic E-state index is 12.1. The first-order chi connectivity index (χ1) is 7.02. The van der Waals surface area contributed by atoms with Crippen molar-refractivity contribution in [3.63, 3.8) is 0 Å². The van der Waals surface area contributed by atoms with Crippen molar-refractivity contribution in [3.8, 4) is 5.75 Å². The highest BCUT2D eigenvalue weighted by atomic mass is 16.3. The lowest BCUT2D eigenvalue weighted by Gasteiger charge is -2.11. The smallest absolute Gasteiger partial charge is 0.170 e. The molecular formula is C13H16O2. The van der Waals surface area contributed by atoms with Crippen LogP contribution in [0.4, 0.5) is 0 Å². The van der Waals surface area contributed by atoms with Crippen LogP contribution < -0.4 is 0 Å². The average Bonchev–Trinajstić information content (AvgIpc) is 2.51. The fraction of sp³-hybridized carbons (Fsp3) is 0.462. The van der Waals surface area contributed by atoms with E-state index in [1.54, 1.807) is 6.07 Å². The van der Waals surface area contributed by atoms with Gasteiger partial charge >= 0.3 is 0 Å². The number of benzene rings is 1. The van der Waals surface area contributed by atoms with Gasteiger partial charge in [-0.2, -0.15) is 0 Å². The zero-order chi connectivity index (χ0) is 11.2. The molecule has 0 bridgehead atoms. The summed E-state index contributed by atoms with van der Waals surface area (Å²) >= 11 is 0. The number of carbonyl (C=O) groups is 1. The lowest BCUT2D eigenvalue weighted by Crippen LogP contribution is -2.15. The molecule has 2 nitrogen and oxygen atoms in total. The van der Waals surface area contributed by atoms with Gasteiger partial charge in [0, 0.05) is 5.92 Å². The topological polar surface area (TPSA) is 37.3 Å². The van der Waals surface area contributed by atoms with E-state index < -0.39 is 0 Å². The number of fused-ring (bicyclic) bond motifs is 1. The maximum Gasteiger partial charge on any atom is 0.170 e. The van der Waals surface area contributed by atoms with Gasteiger partial charge in [0.25, 0.3) is 0 Å². The predicted molar refractivity (Wildman–Crippen MR) is 59.2 cm³/mol. The summed E-state index contributed by atoms with van der Waals surface area (Å²) in [6.07, 6.45) is 0.784. The molecule has 0 fully saturated rings. The number of Topliss-reactive ketones (excluding diaryl/α,β-unsaturated/α-hetero) is 1. The van der Waals surface area contributed by atoms with Gasteiger partial charge in [0.2, 0.25) is 0 Å². The number of phenolic OH excluding ortho intramolecular Hbond substituents is 1. The molecule has 2 rings (SSSR count). The van der Waals surface area contributed by atoms with Gasteiger partial charge in [-0.15, -0.1) is 0 Å². The lowest BCUT2D eigenvalue weighted by atomic mass is 9.92. The van der Waals surface area contributed by atoms with Crippen molar-refractivity contribution >= 4 is 5.78 Å². The van der Waals surface area contributed by atoms with Gasteiger partial charge in [-0.1, -0.05) is 19.9 Å². The van der Waals surface area contributed by atoms with Crippen LogP contribution in [0.2, 0.25) is 0 Å². The molecule has 2 heteroatoms. The number of rotatable bonds is 1. The summed E-state index contributed by atoms with van der Waals surface area (Å²) in [6, 6.07) is 3.50. The van der Waals surface area contributed by atoms with Crippen molar-refractivity contribution in [1.29, 1.82) is 0 Å². The molecule has 0 spiro atoms. The standard InChI is InChI=1S/C13H16O2/c1-7(2)9-6-10-8(3)4-5-11(14)12(10)13(9)15/h4-5,7,9,14H,6H2,1-3H3. The Balaban J connectivity index is 2.54. The van der Waals surface area contributed by atoms with Crippen LogP contribution >= 0.6 is 0 Å². The third kappa shape index (κ3) is 1.44. The second-order valence-corrected chi connectivity index (χ2v) is 4.67. The van der Waals surface area contributed by atoms with Gasteiger partial charge < -0.3 is 5.11 Å². The Morgan fingerprint density at radius 1 is 1.40 bits per heavy atom. The lowest BCUT2D eigenvalue weighted by molar-refractivity contribution is 0.0904. The molecule has 15 heavy (non-hydrogen) atoms. The summed E-state index contributed by atoms with van der Waals surface area (Å²) in [4.78, 5) is 12.1. The minimum Gasteiger partial charge on any atom is -0.507 e. The minimum absolute atomic E-state index is 0.0481. The van der Waals surface area contributed by atoms with E-state index in [0.29, 0.717) is 11.5 Å². The van der Waals surface area contributed by atoms with Crippen LogP contribution in [0.15, 0.2) is 12.1 Å². The number of hydrogen-bond acceptors (Lipinski definition) is 2. The van der Waals surface area contributed by atoms with E-state index in [9.17, 15) is 9.90 Å². The third-order valence-electron chi connectivity index (χ3n) is 3.34. The Bertz CT molecular complexity index is 419. The molecule has 0 saturated carbocycles. The van der Waals surface area contributed by atoms with Crippen molar-refractivity contribution in [3.05, 3.63) is 28.8 Å². The summed E-state index contributed by atoms with van der Waals surface area (Å²) in [5.41, 5.74) is 2.71. The normalized spacial score (nSPS) is 19.7. The van der Waals surface area contributed by atoms with Crippen molar-refractivity contribution in [2.75, 3.05) is 0 Å². The highest BCUT2D eigenvalue weighted by Crippen LogP contribution is 2.37. The number of ketones is 1. The molecule has 0 heterocycles. The van der Waals surface area contributed by atoms with E-state index in [1.165, 1.54) is 0 Å². The van der Waals surface area contributed by atoms with Crippen LogP contribution in [-0.4, -0.2) is 10.9 Å².